The Morgan fingerprint density at radius 2 is 1.02 bits per heavy atom. The van der Waals surface area contributed by atoms with Crippen LogP contribution in [-0.2, 0) is 57.4 Å². The Kier molecular flexibility index (Phi) is 24.6. The summed E-state index contributed by atoms with van der Waals surface area (Å²) >= 11 is 0. The molecule has 0 spiro atoms. The Morgan fingerprint density at radius 3 is 1.44 bits per heavy atom. The van der Waals surface area contributed by atoms with E-state index in [-0.39, 0.29) is 0 Å². The van der Waals surface area contributed by atoms with Crippen molar-refractivity contribution in [1.29, 1.82) is 0 Å². The largest absolute Gasteiger partial charge is 0.449 e. The van der Waals surface area contributed by atoms with Crippen LogP contribution in [0.1, 0.15) is 38.8 Å². The molecule has 0 heterocycles. The monoisotopic (exact) mass is 830 g/mol. The maximum atomic E-state index is 7.48. The third kappa shape index (κ3) is 18.2. The minimum atomic E-state index is -2.63. The predicted octanol–water partition coefficient (Wildman–Crippen LogP) is -3.31. The molecule has 0 bridgehead atoms. The first-order valence-corrected chi connectivity index (χ1v) is 32.2. The van der Waals surface area contributed by atoms with Crippen LogP contribution >= 0.6 is 0 Å². The molecule has 2 atom stereocenters. The zero-order valence-electron chi connectivity index (χ0n) is 27.7. The van der Waals surface area contributed by atoms with Gasteiger partial charge in [0.25, 0.3) is 80.1 Å². The van der Waals surface area contributed by atoms with Crippen LogP contribution in [0.15, 0.2) is 60.7 Å². The van der Waals surface area contributed by atoms with Crippen LogP contribution in [0.5, 0.6) is 0 Å². The Bertz CT molecular complexity index is 978. The number of rotatable bonds is 29. The lowest BCUT2D eigenvalue weighted by Gasteiger charge is -2.42. The normalized spacial score (nSPS) is 16.2. The zero-order chi connectivity index (χ0) is 32.5. The third-order valence-electron chi connectivity index (χ3n) is 7.13. The van der Waals surface area contributed by atoms with Gasteiger partial charge >= 0.3 is 17.8 Å². The van der Waals surface area contributed by atoms with Crippen LogP contribution in [0.25, 0.3) is 0 Å². The fourth-order valence-electron chi connectivity index (χ4n) is 4.61. The van der Waals surface area contributed by atoms with Gasteiger partial charge in [0.2, 0.25) is 0 Å². The molecule has 0 radical (unpaired) electrons. The number of benzene rings is 2. The lowest BCUT2D eigenvalue weighted by Crippen LogP contribution is -2.58. The first-order chi connectivity index (χ1) is 22.0. The second-order valence-corrected chi connectivity index (χ2v) is 37.8. The van der Waals surface area contributed by atoms with Gasteiger partial charge in [-0.1, -0.05) is 88.4 Å². The molecule has 256 valence electrons. The maximum Gasteiger partial charge on any atom is 0.323 e. The number of hydrogen-bond donors (Lipinski definition) is 0. The fourth-order valence-corrected chi connectivity index (χ4v) is 34.3. The Morgan fingerprint density at radius 1 is 0.578 bits per heavy atom. The average Bonchev–Trinajstić information content (AvgIpc) is 3.08. The van der Waals surface area contributed by atoms with Gasteiger partial charge in [0.05, 0.1) is 0 Å². The summed E-state index contributed by atoms with van der Waals surface area (Å²) in [4.78, 5) is 0. The van der Waals surface area contributed by atoms with Crippen LogP contribution in [-0.4, -0.2) is 117 Å². The Labute approximate surface area is 296 Å². The van der Waals surface area contributed by atoms with Crippen LogP contribution in [0, 0.1) is 0 Å². The van der Waals surface area contributed by atoms with Crippen molar-refractivity contribution in [3.8, 4) is 0 Å². The Balaban J connectivity index is 1.82. The van der Waals surface area contributed by atoms with Crippen LogP contribution < -0.4 is 0 Å². The molecule has 11 nitrogen and oxygen atoms in total. The van der Waals surface area contributed by atoms with E-state index < -0.39 is 106 Å². The highest BCUT2D eigenvalue weighted by atomic mass is 28.5. The third-order valence-corrected chi connectivity index (χ3v) is 31.8. The minimum Gasteiger partial charge on any atom is -0.449 e. The lowest BCUT2D eigenvalue weighted by molar-refractivity contribution is 0.316. The molecular formula is C22H54O11Si12. The molecule has 0 aliphatic rings. The van der Waals surface area contributed by atoms with Crippen molar-refractivity contribution in [1.82, 2.24) is 0 Å². The van der Waals surface area contributed by atoms with Crippen LogP contribution in [0.3, 0.4) is 0 Å². The molecule has 0 amide bonds. The van der Waals surface area contributed by atoms with Gasteiger partial charge < -0.3 is 45.3 Å². The van der Waals surface area contributed by atoms with Gasteiger partial charge in [-0.25, -0.2) is 0 Å². The first kappa shape index (κ1) is 41.8. The van der Waals surface area contributed by atoms with E-state index in [9.17, 15) is 0 Å². The van der Waals surface area contributed by atoms with Crippen molar-refractivity contribution in [2.75, 3.05) is 0 Å². The van der Waals surface area contributed by atoms with Gasteiger partial charge in [-0.2, -0.15) is 0 Å². The van der Waals surface area contributed by atoms with E-state index in [0.29, 0.717) is 0 Å². The lowest BCUT2D eigenvalue weighted by atomic mass is 10.2. The summed E-state index contributed by atoms with van der Waals surface area (Å²) < 4.78 is 65.2. The summed E-state index contributed by atoms with van der Waals surface area (Å²) in [5, 5.41) is 0. The molecule has 2 unspecified atom stereocenters. The molecule has 0 aliphatic heterocycles. The van der Waals surface area contributed by atoms with Gasteiger partial charge in [0.1, 0.15) is 10.5 Å². The molecule has 2 rings (SSSR count). The molecule has 0 saturated heterocycles. The van der Waals surface area contributed by atoms with Gasteiger partial charge in [-0.15, -0.1) is 0 Å². The van der Waals surface area contributed by atoms with E-state index in [1.807, 2.05) is 0 Å². The second-order valence-electron chi connectivity index (χ2n) is 10.4. The fraction of sp³-hybridized carbons (Fsp3) is 0.455. The van der Waals surface area contributed by atoms with Crippen LogP contribution in [0.2, 0.25) is 24.2 Å². The predicted molar refractivity (Wildman–Crippen MR) is 211 cm³/mol. The molecule has 2 aromatic rings. The molecule has 2 aromatic carbocycles. The van der Waals surface area contributed by atoms with Gasteiger partial charge in [-0.05, 0) is 41.3 Å². The molecule has 0 N–H and O–H groups in total. The summed E-state index contributed by atoms with van der Waals surface area (Å²) in [6.07, 6.45) is 0. The van der Waals surface area contributed by atoms with Gasteiger partial charge in [0, 0.05) is 6.04 Å². The molecule has 23 heteroatoms. The highest BCUT2D eigenvalue weighted by Gasteiger charge is 2.46. The van der Waals surface area contributed by atoms with E-state index in [0.717, 1.165) is 46.8 Å². The first-order valence-electron chi connectivity index (χ1n) is 15.6. The molecule has 0 fully saturated rings. The zero-order valence-corrected chi connectivity index (χ0v) is 44.2. The minimum absolute atomic E-state index is 0.738. The van der Waals surface area contributed by atoms with E-state index in [2.05, 4.69) is 88.4 Å². The topological polar surface area (TPSA) is 102 Å². The average molecular weight is 832 g/mol. The van der Waals surface area contributed by atoms with Gasteiger partial charge in [0.15, 0.2) is 8.32 Å². The van der Waals surface area contributed by atoms with Crippen molar-refractivity contribution in [2.45, 2.75) is 64.0 Å². The summed E-state index contributed by atoms with van der Waals surface area (Å²) in [5.74, 6) is 0. The maximum absolute atomic E-state index is 7.48. The summed E-state index contributed by atoms with van der Waals surface area (Å²) in [6.45, 7) is 9.00. The standard InChI is InChI=1S/C22H54O11Si12/c1-5-43(31-42-30-41-29-40-28-39-27-38-26-37-25-36-24-35-23-34)32-45(8-4,20-22-17-13-10-14-18-22)33-44(6-2,7-3)19-21-15-11-9-12-16-21/h9-18,43H,5-8,19-20,35-42H2,1-4,34H3. The van der Waals surface area contributed by atoms with Crippen molar-refractivity contribution in [3.63, 3.8) is 0 Å². The van der Waals surface area contributed by atoms with Crippen LogP contribution in [0.4, 0.5) is 0 Å². The van der Waals surface area contributed by atoms with E-state index in [1.54, 1.807) is 0 Å². The molecule has 45 heavy (non-hydrogen) atoms. The quantitative estimate of drug-likeness (QED) is 0.0610. The van der Waals surface area contributed by atoms with E-state index >= 15 is 0 Å². The summed E-state index contributed by atoms with van der Waals surface area (Å²) in [6, 6.07) is 27.2. The number of hydrogen-bond acceptors (Lipinski definition) is 11. The highest BCUT2D eigenvalue weighted by molar-refractivity contribution is 6.86. The van der Waals surface area contributed by atoms with Crippen molar-refractivity contribution >= 4 is 117 Å². The smallest absolute Gasteiger partial charge is 0.323 e. The summed E-state index contributed by atoms with van der Waals surface area (Å²) in [7, 11) is -14.1. The van der Waals surface area contributed by atoms with Crippen molar-refractivity contribution in [3.05, 3.63) is 71.8 Å². The molecule has 0 saturated carbocycles. The van der Waals surface area contributed by atoms with E-state index in [1.165, 1.54) is 11.1 Å². The molecule has 0 aromatic heterocycles. The van der Waals surface area contributed by atoms with Crippen molar-refractivity contribution < 1.29 is 45.3 Å². The van der Waals surface area contributed by atoms with E-state index in [4.69, 9.17) is 45.3 Å². The SMILES string of the molecule is CC[SiH](O[SiH2]O[SiH2]O[SiH2]O[SiH2]O[SiH2]O[SiH2]O[SiH2]O[SiH2]O[SiH3])O[Si](CC)(Cc1ccccc1)O[Si](CC)(CC)Cc1ccccc1. The van der Waals surface area contributed by atoms with Gasteiger partial charge in [-0.3, -0.25) is 0 Å². The summed E-state index contributed by atoms with van der Waals surface area (Å²) in [5.41, 5.74) is 2.63. The van der Waals surface area contributed by atoms with Crippen molar-refractivity contribution in [2.24, 2.45) is 0 Å². The Hall–Kier alpha value is 0.603. The highest BCUT2D eigenvalue weighted by Crippen LogP contribution is 2.31. The molecular weight excluding hydrogens is 777 g/mol. The second kappa shape index (κ2) is 26.5. The molecule has 0 aliphatic carbocycles.